The standard InChI is InChI=1S/C11H11F2N/c12-10-6-5-9(11(13)8-10)4-2-1-3-7-14/h5-6,8H,1-4H2. The molecule has 0 saturated carbocycles. The zero-order chi connectivity index (χ0) is 10.4. The minimum absolute atomic E-state index is 0.489. The highest BCUT2D eigenvalue weighted by molar-refractivity contribution is 5.18. The maximum absolute atomic E-state index is 13.1. The summed E-state index contributed by atoms with van der Waals surface area (Å²) in [5.74, 6) is -1.05. The maximum atomic E-state index is 13.1. The highest BCUT2D eigenvalue weighted by atomic mass is 19.1. The topological polar surface area (TPSA) is 23.8 Å². The maximum Gasteiger partial charge on any atom is 0.129 e. The molecule has 0 N–H and O–H groups in total. The molecule has 74 valence electrons. The van der Waals surface area contributed by atoms with Gasteiger partial charge in [0.25, 0.3) is 0 Å². The number of nitriles is 1. The summed E-state index contributed by atoms with van der Waals surface area (Å²) >= 11 is 0. The number of aryl methyl sites for hydroxylation is 1. The minimum Gasteiger partial charge on any atom is -0.207 e. The van der Waals surface area contributed by atoms with E-state index in [1.54, 1.807) is 0 Å². The van der Waals surface area contributed by atoms with Crippen molar-refractivity contribution in [1.29, 1.82) is 5.26 Å². The van der Waals surface area contributed by atoms with Crippen molar-refractivity contribution >= 4 is 0 Å². The van der Waals surface area contributed by atoms with Crippen molar-refractivity contribution < 1.29 is 8.78 Å². The van der Waals surface area contributed by atoms with Gasteiger partial charge in [-0.3, -0.25) is 0 Å². The SMILES string of the molecule is N#CCCCCc1ccc(F)cc1F. The van der Waals surface area contributed by atoms with E-state index in [4.69, 9.17) is 5.26 Å². The van der Waals surface area contributed by atoms with E-state index < -0.39 is 11.6 Å². The number of benzene rings is 1. The molecule has 14 heavy (non-hydrogen) atoms. The van der Waals surface area contributed by atoms with Gasteiger partial charge in [0.2, 0.25) is 0 Å². The first kappa shape index (κ1) is 10.6. The van der Waals surface area contributed by atoms with Gasteiger partial charge in [-0.1, -0.05) is 6.07 Å². The number of rotatable bonds is 4. The van der Waals surface area contributed by atoms with Crippen LogP contribution in [-0.2, 0) is 6.42 Å². The summed E-state index contributed by atoms with van der Waals surface area (Å²) in [7, 11) is 0. The van der Waals surface area contributed by atoms with Crippen molar-refractivity contribution in [3.05, 3.63) is 35.4 Å². The Balaban J connectivity index is 2.47. The summed E-state index contributed by atoms with van der Waals surface area (Å²) in [5, 5.41) is 8.28. The molecule has 0 atom stereocenters. The van der Waals surface area contributed by atoms with E-state index >= 15 is 0 Å². The van der Waals surface area contributed by atoms with Crippen molar-refractivity contribution in [2.24, 2.45) is 0 Å². The molecule has 0 aliphatic heterocycles. The summed E-state index contributed by atoms with van der Waals surface area (Å²) in [5.41, 5.74) is 0.518. The Morgan fingerprint density at radius 1 is 1.21 bits per heavy atom. The van der Waals surface area contributed by atoms with Gasteiger partial charge in [0.05, 0.1) is 6.07 Å². The van der Waals surface area contributed by atoms with Crippen LogP contribution in [-0.4, -0.2) is 0 Å². The minimum atomic E-state index is -0.553. The van der Waals surface area contributed by atoms with E-state index in [1.165, 1.54) is 12.1 Å². The van der Waals surface area contributed by atoms with Crippen LogP contribution in [0.1, 0.15) is 24.8 Å². The van der Waals surface area contributed by atoms with Crippen molar-refractivity contribution in [1.82, 2.24) is 0 Å². The first-order valence-corrected chi connectivity index (χ1v) is 4.55. The van der Waals surface area contributed by atoms with E-state index in [9.17, 15) is 8.78 Å². The zero-order valence-electron chi connectivity index (χ0n) is 7.76. The van der Waals surface area contributed by atoms with Crippen molar-refractivity contribution in [2.75, 3.05) is 0 Å². The molecule has 0 saturated heterocycles. The predicted molar refractivity (Wildman–Crippen MR) is 49.5 cm³/mol. The first-order chi connectivity index (χ1) is 6.74. The van der Waals surface area contributed by atoms with Crippen LogP contribution in [0.15, 0.2) is 18.2 Å². The molecule has 0 bridgehead atoms. The highest BCUT2D eigenvalue weighted by Crippen LogP contribution is 2.12. The summed E-state index contributed by atoms with van der Waals surface area (Å²) in [4.78, 5) is 0. The molecule has 1 nitrogen and oxygen atoms in total. The quantitative estimate of drug-likeness (QED) is 0.677. The van der Waals surface area contributed by atoms with Crippen molar-refractivity contribution in [3.63, 3.8) is 0 Å². The molecule has 0 amide bonds. The molecule has 3 heteroatoms. The lowest BCUT2D eigenvalue weighted by Gasteiger charge is -2.01. The Kier molecular flexibility index (Phi) is 4.06. The smallest absolute Gasteiger partial charge is 0.129 e. The number of hydrogen-bond donors (Lipinski definition) is 0. The molecule has 1 aromatic rings. The Morgan fingerprint density at radius 2 is 2.00 bits per heavy atom. The van der Waals surface area contributed by atoms with Crippen LogP contribution in [0.2, 0.25) is 0 Å². The van der Waals surface area contributed by atoms with Crippen LogP contribution >= 0.6 is 0 Å². The molecule has 0 radical (unpaired) electrons. The van der Waals surface area contributed by atoms with Crippen LogP contribution in [0.25, 0.3) is 0 Å². The van der Waals surface area contributed by atoms with E-state index in [2.05, 4.69) is 0 Å². The predicted octanol–water partition coefficient (Wildman–Crippen LogP) is 3.20. The van der Waals surface area contributed by atoms with Gasteiger partial charge in [-0.15, -0.1) is 0 Å². The molecule has 0 aromatic heterocycles. The van der Waals surface area contributed by atoms with E-state index in [0.717, 1.165) is 18.9 Å². The van der Waals surface area contributed by atoms with Crippen molar-refractivity contribution in [3.8, 4) is 6.07 Å². The van der Waals surface area contributed by atoms with Gasteiger partial charge in [0, 0.05) is 12.5 Å². The van der Waals surface area contributed by atoms with E-state index in [-0.39, 0.29) is 0 Å². The fraction of sp³-hybridized carbons (Fsp3) is 0.364. The van der Waals surface area contributed by atoms with Gasteiger partial charge in [-0.2, -0.15) is 5.26 Å². The number of hydrogen-bond acceptors (Lipinski definition) is 1. The van der Waals surface area contributed by atoms with E-state index in [1.807, 2.05) is 6.07 Å². The first-order valence-electron chi connectivity index (χ1n) is 4.55. The monoisotopic (exact) mass is 195 g/mol. The molecular weight excluding hydrogens is 184 g/mol. The average molecular weight is 195 g/mol. The molecular formula is C11H11F2N. The van der Waals surface area contributed by atoms with Crippen molar-refractivity contribution in [2.45, 2.75) is 25.7 Å². The van der Waals surface area contributed by atoms with Gasteiger partial charge in [0.1, 0.15) is 11.6 Å². The molecule has 0 heterocycles. The second-order valence-corrected chi connectivity index (χ2v) is 3.10. The normalized spacial score (nSPS) is 9.79. The molecule has 0 unspecified atom stereocenters. The van der Waals surface area contributed by atoms with Crippen LogP contribution in [0.4, 0.5) is 8.78 Å². The lowest BCUT2D eigenvalue weighted by atomic mass is 10.1. The fourth-order valence-corrected chi connectivity index (χ4v) is 1.24. The number of halogens is 2. The van der Waals surface area contributed by atoms with E-state index in [0.29, 0.717) is 18.4 Å². The van der Waals surface area contributed by atoms with Crippen LogP contribution in [0, 0.1) is 23.0 Å². The van der Waals surface area contributed by atoms with Gasteiger partial charge < -0.3 is 0 Å². The third-order valence-electron chi connectivity index (χ3n) is 2.00. The summed E-state index contributed by atoms with van der Waals surface area (Å²) in [6, 6.07) is 5.62. The second-order valence-electron chi connectivity index (χ2n) is 3.10. The van der Waals surface area contributed by atoms with Crippen LogP contribution in [0.5, 0.6) is 0 Å². The molecule has 0 fully saturated rings. The Labute approximate surface area is 82.0 Å². The summed E-state index contributed by atoms with van der Waals surface area (Å²) in [6.45, 7) is 0. The van der Waals surface area contributed by atoms with Gasteiger partial charge in [-0.25, -0.2) is 8.78 Å². The molecule has 1 aromatic carbocycles. The van der Waals surface area contributed by atoms with Crippen LogP contribution in [0.3, 0.4) is 0 Å². The average Bonchev–Trinajstić information content (AvgIpc) is 2.15. The second kappa shape index (κ2) is 5.33. The van der Waals surface area contributed by atoms with Crippen LogP contribution < -0.4 is 0 Å². The molecule has 1 rings (SSSR count). The Morgan fingerprint density at radius 3 is 2.64 bits per heavy atom. The zero-order valence-corrected chi connectivity index (χ0v) is 7.76. The third kappa shape index (κ3) is 3.14. The largest absolute Gasteiger partial charge is 0.207 e. The number of nitrogens with zero attached hydrogens (tertiary/aromatic N) is 1. The van der Waals surface area contributed by atoms with Gasteiger partial charge in [0.15, 0.2) is 0 Å². The lowest BCUT2D eigenvalue weighted by molar-refractivity contribution is 0.567. The van der Waals surface area contributed by atoms with Gasteiger partial charge in [-0.05, 0) is 30.9 Å². The molecule has 0 aliphatic carbocycles. The van der Waals surface area contributed by atoms with Gasteiger partial charge >= 0.3 is 0 Å². The molecule has 0 aliphatic rings. The lowest BCUT2D eigenvalue weighted by Crippen LogP contribution is -1.91. The Bertz CT molecular complexity index is 342. The third-order valence-corrected chi connectivity index (χ3v) is 2.00. The summed E-state index contributed by atoms with van der Waals surface area (Å²) < 4.78 is 25.6. The fourth-order valence-electron chi connectivity index (χ4n) is 1.24. The molecule has 0 spiro atoms. The summed E-state index contributed by atoms with van der Waals surface area (Å²) in [6.07, 6.45) is 2.57. The number of unbranched alkanes of at least 4 members (excludes halogenated alkanes) is 2. The highest BCUT2D eigenvalue weighted by Gasteiger charge is 2.02. The Hall–Kier alpha value is -1.43.